The van der Waals surface area contributed by atoms with Crippen LogP contribution in [0.3, 0.4) is 0 Å². The summed E-state index contributed by atoms with van der Waals surface area (Å²) in [4.78, 5) is 12.0. The van der Waals surface area contributed by atoms with Crippen LogP contribution in [0.1, 0.15) is 33.9 Å². The second kappa shape index (κ2) is 3.57. The van der Waals surface area contributed by atoms with Crippen LogP contribution in [0.25, 0.3) is 0 Å². The molecule has 1 aromatic heterocycles. The lowest BCUT2D eigenvalue weighted by Crippen LogP contribution is -2.06. The SMILES string of the molecule is Cc1oc(C)c(C(=O)C2=CCCO2)c1C. The molecule has 0 N–H and O–H groups in total. The molecule has 1 aliphatic rings. The molecule has 0 radical (unpaired) electrons. The molecule has 3 heteroatoms. The average molecular weight is 206 g/mol. The first-order valence-corrected chi connectivity index (χ1v) is 5.05. The quantitative estimate of drug-likeness (QED) is 0.698. The van der Waals surface area contributed by atoms with Crippen LogP contribution in [0.4, 0.5) is 0 Å². The summed E-state index contributed by atoms with van der Waals surface area (Å²) in [5, 5.41) is 0. The maximum Gasteiger partial charge on any atom is 0.230 e. The van der Waals surface area contributed by atoms with E-state index >= 15 is 0 Å². The van der Waals surface area contributed by atoms with Crippen molar-refractivity contribution in [2.75, 3.05) is 6.61 Å². The summed E-state index contributed by atoms with van der Waals surface area (Å²) >= 11 is 0. The summed E-state index contributed by atoms with van der Waals surface area (Å²) in [6.45, 7) is 6.18. The molecule has 0 spiro atoms. The summed E-state index contributed by atoms with van der Waals surface area (Å²) in [7, 11) is 0. The number of carbonyl (C=O) groups is 1. The number of carbonyl (C=O) groups excluding carboxylic acids is 1. The molecule has 80 valence electrons. The van der Waals surface area contributed by atoms with Gasteiger partial charge in [-0.3, -0.25) is 4.79 Å². The fraction of sp³-hybridized carbons (Fsp3) is 0.417. The van der Waals surface area contributed by atoms with Gasteiger partial charge in [0.1, 0.15) is 11.5 Å². The molecule has 0 bridgehead atoms. The highest BCUT2D eigenvalue weighted by Gasteiger charge is 2.24. The third kappa shape index (κ3) is 1.58. The van der Waals surface area contributed by atoms with E-state index in [0.29, 0.717) is 23.7 Å². The number of ether oxygens (including phenoxy) is 1. The van der Waals surface area contributed by atoms with E-state index in [4.69, 9.17) is 9.15 Å². The Morgan fingerprint density at radius 3 is 2.47 bits per heavy atom. The van der Waals surface area contributed by atoms with Crippen LogP contribution in [-0.2, 0) is 4.74 Å². The maximum absolute atomic E-state index is 12.0. The lowest BCUT2D eigenvalue weighted by atomic mass is 10.0. The first kappa shape index (κ1) is 10.0. The van der Waals surface area contributed by atoms with Crippen molar-refractivity contribution in [1.29, 1.82) is 0 Å². The van der Waals surface area contributed by atoms with Crippen LogP contribution >= 0.6 is 0 Å². The van der Waals surface area contributed by atoms with Gasteiger partial charge in [0.05, 0.1) is 12.2 Å². The van der Waals surface area contributed by atoms with Crippen LogP contribution in [-0.4, -0.2) is 12.4 Å². The molecular formula is C12H14O3. The first-order chi connectivity index (χ1) is 7.11. The molecule has 3 nitrogen and oxygen atoms in total. The molecule has 0 atom stereocenters. The summed E-state index contributed by atoms with van der Waals surface area (Å²) in [6.07, 6.45) is 2.65. The van der Waals surface area contributed by atoms with E-state index in [0.717, 1.165) is 17.7 Å². The fourth-order valence-electron chi connectivity index (χ4n) is 1.83. The van der Waals surface area contributed by atoms with E-state index in [2.05, 4.69) is 0 Å². The van der Waals surface area contributed by atoms with Crippen molar-refractivity contribution in [1.82, 2.24) is 0 Å². The summed E-state index contributed by atoms with van der Waals surface area (Å²) in [5.41, 5.74) is 1.56. The number of rotatable bonds is 2. The van der Waals surface area contributed by atoms with E-state index in [1.807, 2.05) is 26.8 Å². The third-order valence-electron chi connectivity index (χ3n) is 2.72. The van der Waals surface area contributed by atoms with Crippen LogP contribution in [0.5, 0.6) is 0 Å². The molecule has 2 rings (SSSR count). The molecule has 0 fully saturated rings. The van der Waals surface area contributed by atoms with Gasteiger partial charge in [-0.1, -0.05) is 0 Å². The standard InChI is InChI=1S/C12H14O3/c1-7-8(2)15-9(3)11(7)12(13)10-5-4-6-14-10/h5H,4,6H2,1-3H3. The Kier molecular flexibility index (Phi) is 2.39. The normalized spacial score (nSPS) is 15.0. The Hall–Kier alpha value is -1.51. The van der Waals surface area contributed by atoms with Crippen molar-refractivity contribution < 1.29 is 13.9 Å². The zero-order valence-electron chi connectivity index (χ0n) is 9.22. The Morgan fingerprint density at radius 1 is 1.27 bits per heavy atom. The molecule has 1 aliphatic heterocycles. The number of hydrogen-bond donors (Lipinski definition) is 0. The van der Waals surface area contributed by atoms with Gasteiger partial charge in [0.25, 0.3) is 0 Å². The number of aryl methyl sites for hydroxylation is 2. The monoisotopic (exact) mass is 206 g/mol. The van der Waals surface area contributed by atoms with Gasteiger partial charge >= 0.3 is 0 Å². The molecular weight excluding hydrogens is 192 g/mol. The third-order valence-corrected chi connectivity index (χ3v) is 2.72. The second-order valence-electron chi connectivity index (χ2n) is 3.75. The fourth-order valence-corrected chi connectivity index (χ4v) is 1.83. The molecule has 0 aliphatic carbocycles. The molecule has 0 amide bonds. The first-order valence-electron chi connectivity index (χ1n) is 5.05. The minimum Gasteiger partial charge on any atom is -0.489 e. The maximum atomic E-state index is 12.0. The van der Waals surface area contributed by atoms with E-state index in [9.17, 15) is 4.79 Å². The highest BCUT2D eigenvalue weighted by atomic mass is 16.5. The number of Topliss-reactive ketones (excluding diaryl/α,β-unsaturated/α-hetero) is 1. The summed E-state index contributed by atoms with van der Waals surface area (Å²) in [5.74, 6) is 1.88. The van der Waals surface area contributed by atoms with Gasteiger partial charge in [0, 0.05) is 12.0 Å². The number of furan rings is 1. The smallest absolute Gasteiger partial charge is 0.230 e. The van der Waals surface area contributed by atoms with Gasteiger partial charge in [-0.15, -0.1) is 0 Å². The zero-order valence-corrected chi connectivity index (χ0v) is 9.22. The van der Waals surface area contributed by atoms with Gasteiger partial charge in [0.2, 0.25) is 5.78 Å². The highest BCUT2D eigenvalue weighted by Crippen LogP contribution is 2.25. The zero-order chi connectivity index (χ0) is 11.0. The van der Waals surface area contributed by atoms with Crippen LogP contribution in [0.2, 0.25) is 0 Å². The number of hydrogen-bond acceptors (Lipinski definition) is 3. The van der Waals surface area contributed by atoms with E-state index in [1.165, 1.54) is 0 Å². The van der Waals surface area contributed by atoms with E-state index in [1.54, 1.807) is 0 Å². The van der Waals surface area contributed by atoms with Crippen LogP contribution in [0.15, 0.2) is 16.3 Å². The van der Waals surface area contributed by atoms with Crippen LogP contribution < -0.4 is 0 Å². The van der Waals surface area contributed by atoms with Gasteiger partial charge in [-0.05, 0) is 26.8 Å². The predicted molar refractivity (Wildman–Crippen MR) is 55.9 cm³/mol. The van der Waals surface area contributed by atoms with Gasteiger partial charge < -0.3 is 9.15 Å². The number of ketones is 1. The lowest BCUT2D eigenvalue weighted by Gasteiger charge is -2.02. The molecule has 0 aromatic carbocycles. The van der Waals surface area contributed by atoms with Crippen molar-refractivity contribution in [3.05, 3.63) is 34.5 Å². The molecule has 2 heterocycles. The van der Waals surface area contributed by atoms with E-state index in [-0.39, 0.29) is 5.78 Å². The van der Waals surface area contributed by atoms with Gasteiger partial charge in [0.15, 0.2) is 5.76 Å². The Morgan fingerprint density at radius 2 is 2.00 bits per heavy atom. The molecule has 0 saturated heterocycles. The largest absolute Gasteiger partial charge is 0.489 e. The molecule has 0 saturated carbocycles. The summed E-state index contributed by atoms with van der Waals surface area (Å²) in [6, 6.07) is 0. The molecule has 0 unspecified atom stereocenters. The van der Waals surface area contributed by atoms with Gasteiger partial charge in [-0.2, -0.15) is 0 Å². The molecule has 1 aromatic rings. The predicted octanol–water partition coefficient (Wildman–Crippen LogP) is 2.69. The topological polar surface area (TPSA) is 39.4 Å². The Labute approximate surface area is 88.7 Å². The van der Waals surface area contributed by atoms with Crippen LogP contribution in [0, 0.1) is 20.8 Å². The highest BCUT2D eigenvalue weighted by molar-refractivity contribution is 6.09. The van der Waals surface area contributed by atoms with Crippen molar-refractivity contribution >= 4 is 5.78 Å². The van der Waals surface area contributed by atoms with Crippen molar-refractivity contribution in [3.8, 4) is 0 Å². The van der Waals surface area contributed by atoms with Crippen molar-refractivity contribution in [3.63, 3.8) is 0 Å². The minimum atomic E-state index is -0.0562. The lowest BCUT2D eigenvalue weighted by molar-refractivity contribution is 0.0940. The number of allylic oxidation sites excluding steroid dienone is 1. The minimum absolute atomic E-state index is 0.0562. The van der Waals surface area contributed by atoms with Crippen molar-refractivity contribution in [2.24, 2.45) is 0 Å². The Balaban J connectivity index is 2.41. The molecule has 15 heavy (non-hydrogen) atoms. The summed E-state index contributed by atoms with van der Waals surface area (Å²) < 4.78 is 10.7. The van der Waals surface area contributed by atoms with E-state index < -0.39 is 0 Å². The second-order valence-corrected chi connectivity index (χ2v) is 3.75. The van der Waals surface area contributed by atoms with Gasteiger partial charge in [-0.25, -0.2) is 0 Å². The Bertz CT molecular complexity index is 438. The average Bonchev–Trinajstić information content (AvgIpc) is 2.76. The van der Waals surface area contributed by atoms with Crippen molar-refractivity contribution in [2.45, 2.75) is 27.2 Å².